The number of hydrogen-bond acceptors (Lipinski definition) is 2. The zero-order valence-corrected chi connectivity index (χ0v) is 7.42. The quantitative estimate of drug-likeness (QED) is 0.704. The smallest absolute Gasteiger partial charge is 0.247 e. The second-order valence-corrected chi connectivity index (χ2v) is 2.77. The first-order valence-electron chi connectivity index (χ1n) is 4.16. The van der Waals surface area contributed by atoms with Crippen LogP contribution in [0.1, 0.15) is 25.5 Å². The molecule has 1 heterocycles. The van der Waals surface area contributed by atoms with E-state index in [-0.39, 0.29) is 5.56 Å². The fourth-order valence-electron chi connectivity index (χ4n) is 1.12. The molecular weight excluding hydrogens is 152 g/mol. The lowest BCUT2D eigenvalue weighted by atomic mass is 10.1. The largest absolute Gasteiger partial charge is 0.329 e. The van der Waals surface area contributed by atoms with Crippen LogP contribution in [0.15, 0.2) is 23.1 Å². The van der Waals surface area contributed by atoms with Crippen LogP contribution in [-0.2, 0) is 0 Å². The molecule has 0 saturated carbocycles. The average molecular weight is 166 g/mol. The van der Waals surface area contributed by atoms with Crippen molar-refractivity contribution in [1.29, 1.82) is 0 Å². The summed E-state index contributed by atoms with van der Waals surface area (Å²) in [7, 11) is 0. The predicted octanol–water partition coefficient (Wildman–Crippen LogP) is 1.05. The fourth-order valence-corrected chi connectivity index (χ4v) is 1.12. The molecule has 12 heavy (non-hydrogen) atoms. The molecular formula is C9H14N2O. The van der Waals surface area contributed by atoms with Crippen LogP contribution < -0.4 is 10.9 Å². The van der Waals surface area contributed by atoms with Gasteiger partial charge in [0, 0.05) is 18.3 Å². The molecule has 0 bridgehead atoms. The van der Waals surface area contributed by atoms with Crippen LogP contribution in [0.2, 0.25) is 0 Å². The number of nitrogens with one attached hydrogen (secondary N) is 2. The summed E-state index contributed by atoms with van der Waals surface area (Å²) in [6.07, 6.45) is 1.75. The maximum atomic E-state index is 10.7. The summed E-state index contributed by atoms with van der Waals surface area (Å²) in [5.74, 6) is 0. The normalized spacial score (nSPS) is 12.8. The van der Waals surface area contributed by atoms with E-state index in [1.54, 1.807) is 12.3 Å². The minimum Gasteiger partial charge on any atom is -0.329 e. The second-order valence-electron chi connectivity index (χ2n) is 2.77. The van der Waals surface area contributed by atoms with Crippen molar-refractivity contribution < 1.29 is 0 Å². The van der Waals surface area contributed by atoms with Gasteiger partial charge in [-0.25, -0.2) is 0 Å². The van der Waals surface area contributed by atoms with Crippen LogP contribution in [-0.4, -0.2) is 11.5 Å². The summed E-state index contributed by atoms with van der Waals surface area (Å²) < 4.78 is 0. The van der Waals surface area contributed by atoms with Gasteiger partial charge in [0.2, 0.25) is 5.56 Å². The minimum atomic E-state index is -0.0533. The van der Waals surface area contributed by atoms with Crippen molar-refractivity contribution in [2.24, 2.45) is 0 Å². The molecule has 1 aromatic rings. The number of pyridine rings is 1. The molecule has 3 heteroatoms. The lowest BCUT2D eigenvalue weighted by molar-refractivity contribution is 0.596. The number of H-pyrrole nitrogens is 1. The van der Waals surface area contributed by atoms with Crippen molar-refractivity contribution in [3.05, 3.63) is 34.2 Å². The molecule has 1 atom stereocenters. The average Bonchev–Trinajstić information content (AvgIpc) is 2.06. The Morgan fingerprint density at radius 2 is 2.33 bits per heavy atom. The van der Waals surface area contributed by atoms with Gasteiger partial charge in [-0.2, -0.15) is 0 Å². The second kappa shape index (κ2) is 4.07. The SMILES string of the molecule is CCNC(C)c1ccc(=O)[nH]c1. The van der Waals surface area contributed by atoms with Crippen LogP contribution in [0.5, 0.6) is 0 Å². The van der Waals surface area contributed by atoms with E-state index in [0.717, 1.165) is 12.1 Å². The monoisotopic (exact) mass is 166 g/mol. The molecule has 66 valence electrons. The fraction of sp³-hybridized carbons (Fsp3) is 0.444. The van der Waals surface area contributed by atoms with Crippen LogP contribution in [0.25, 0.3) is 0 Å². The first-order chi connectivity index (χ1) is 5.74. The molecule has 0 aliphatic rings. The van der Waals surface area contributed by atoms with Crippen molar-refractivity contribution in [2.45, 2.75) is 19.9 Å². The van der Waals surface area contributed by atoms with E-state index in [1.165, 1.54) is 0 Å². The molecule has 0 amide bonds. The molecule has 0 saturated heterocycles. The van der Waals surface area contributed by atoms with E-state index in [4.69, 9.17) is 0 Å². The lowest BCUT2D eigenvalue weighted by Gasteiger charge is -2.11. The van der Waals surface area contributed by atoms with Crippen LogP contribution in [0.4, 0.5) is 0 Å². The maximum absolute atomic E-state index is 10.7. The van der Waals surface area contributed by atoms with Gasteiger partial charge in [0.25, 0.3) is 0 Å². The predicted molar refractivity (Wildman–Crippen MR) is 49.2 cm³/mol. The molecule has 2 N–H and O–H groups in total. The Kier molecular flexibility index (Phi) is 3.05. The van der Waals surface area contributed by atoms with E-state index in [0.29, 0.717) is 6.04 Å². The topological polar surface area (TPSA) is 44.9 Å². The van der Waals surface area contributed by atoms with Crippen LogP contribution in [0, 0.1) is 0 Å². The maximum Gasteiger partial charge on any atom is 0.247 e. The van der Waals surface area contributed by atoms with Crippen molar-refractivity contribution in [3.63, 3.8) is 0 Å². The number of hydrogen-bond donors (Lipinski definition) is 2. The Morgan fingerprint density at radius 1 is 1.58 bits per heavy atom. The van der Waals surface area contributed by atoms with Crippen molar-refractivity contribution in [2.75, 3.05) is 6.54 Å². The number of aromatic amines is 1. The third-order valence-corrected chi connectivity index (χ3v) is 1.82. The third-order valence-electron chi connectivity index (χ3n) is 1.82. The molecule has 0 aromatic carbocycles. The zero-order valence-electron chi connectivity index (χ0n) is 7.42. The van der Waals surface area contributed by atoms with E-state index in [2.05, 4.69) is 24.1 Å². The first-order valence-corrected chi connectivity index (χ1v) is 4.16. The van der Waals surface area contributed by atoms with Gasteiger partial charge in [0.1, 0.15) is 0 Å². The summed E-state index contributed by atoms with van der Waals surface area (Å²) >= 11 is 0. The van der Waals surface area contributed by atoms with Crippen molar-refractivity contribution in [3.8, 4) is 0 Å². The van der Waals surface area contributed by atoms with Gasteiger partial charge in [0.15, 0.2) is 0 Å². The summed E-state index contributed by atoms with van der Waals surface area (Å²) in [5.41, 5.74) is 1.05. The zero-order chi connectivity index (χ0) is 8.97. The van der Waals surface area contributed by atoms with Gasteiger partial charge >= 0.3 is 0 Å². The van der Waals surface area contributed by atoms with Crippen LogP contribution in [0.3, 0.4) is 0 Å². The van der Waals surface area contributed by atoms with Crippen molar-refractivity contribution >= 4 is 0 Å². The highest BCUT2D eigenvalue weighted by molar-refractivity contribution is 5.12. The Bertz CT molecular complexity index is 272. The van der Waals surface area contributed by atoms with Gasteiger partial charge in [-0.3, -0.25) is 4.79 Å². The highest BCUT2D eigenvalue weighted by Gasteiger charge is 2.01. The van der Waals surface area contributed by atoms with Crippen LogP contribution >= 0.6 is 0 Å². The summed E-state index contributed by atoms with van der Waals surface area (Å²) in [6.45, 7) is 5.06. The van der Waals surface area contributed by atoms with Gasteiger partial charge in [-0.05, 0) is 19.0 Å². The van der Waals surface area contributed by atoms with Gasteiger partial charge in [-0.1, -0.05) is 13.0 Å². The van der Waals surface area contributed by atoms with Gasteiger partial charge in [0.05, 0.1) is 0 Å². The Hall–Kier alpha value is -1.09. The van der Waals surface area contributed by atoms with E-state index < -0.39 is 0 Å². The molecule has 0 aliphatic heterocycles. The summed E-state index contributed by atoms with van der Waals surface area (Å²) in [6, 6.07) is 3.68. The molecule has 3 nitrogen and oxygen atoms in total. The van der Waals surface area contributed by atoms with Gasteiger partial charge < -0.3 is 10.3 Å². The molecule has 0 spiro atoms. The highest BCUT2D eigenvalue weighted by Crippen LogP contribution is 2.07. The van der Waals surface area contributed by atoms with Crippen molar-refractivity contribution in [1.82, 2.24) is 10.3 Å². The summed E-state index contributed by atoms with van der Waals surface area (Å²) in [4.78, 5) is 13.4. The minimum absolute atomic E-state index is 0.0533. The molecule has 0 aliphatic carbocycles. The lowest BCUT2D eigenvalue weighted by Crippen LogP contribution is -2.18. The summed E-state index contributed by atoms with van der Waals surface area (Å²) in [5, 5.41) is 3.26. The molecule has 0 radical (unpaired) electrons. The number of rotatable bonds is 3. The molecule has 1 unspecified atom stereocenters. The standard InChI is InChI=1S/C9H14N2O/c1-3-10-7(2)8-4-5-9(12)11-6-8/h4-7,10H,3H2,1-2H3,(H,11,12). The highest BCUT2D eigenvalue weighted by atomic mass is 16.1. The van der Waals surface area contributed by atoms with E-state index in [9.17, 15) is 4.79 Å². The third kappa shape index (κ3) is 2.20. The molecule has 1 aromatic heterocycles. The Morgan fingerprint density at radius 3 is 2.83 bits per heavy atom. The molecule has 1 rings (SSSR count). The van der Waals surface area contributed by atoms with E-state index in [1.807, 2.05) is 6.07 Å². The first kappa shape index (κ1) is 9.00. The van der Waals surface area contributed by atoms with E-state index >= 15 is 0 Å². The Labute approximate surface area is 71.8 Å². The van der Waals surface area contributed by atoms with Gasteiger partial charge in [-0.15, -0.1) is 0 Å². The molecule has 0 fully saturated rings. The Balaban J connectivity index is 2.75. The number of aromatic nitrogens is 1.